The summed E-state index contributed by atoms with van der Waals surface area (Å²) in [5, 5.41) is 23.7. The van der Waals surface area contributed by atoms with E-state index in [2.05, 4.69) is 9.97 Å². The summed E-state index contributed by atoms with van der Waals surface area (Å²) in [5.41, 5.74) is 2.63. The second kappa shape index (κ2) is 19.7. The first-order valence-electron chi connectivity index (χ1n) is 14.1. The van der Waals surface area contributed by atoms with E-state index in [-0.39, 0.29) is 56.3 Å². The Kier molecular flexibility index (Phi) is 15.8. The van der Waals surface area contributed by atoms with Crippen LogP contribution in [0, 0.1) is 12.8 Å². The average molecular weight is 659 g/mol. The smallest absolute Gasteiger partial charge is 0.0768 e. The summed E-state index contributed by atoms with van der Waals surface area (Å²) in [7, 11) is 0. The van der Waals surface area contributed by atoms with Gasteiger partial charge in [0.15, 0.2) is 0 Å². The van der Waals surface area contributed by atoms with Crippen molar-refractivity contribution in [3.8, 4) is 11.5 Å². The Hall–Kier alpha value is -5.57. The van der Waals surface area contributed by atoms with Crippen LogP contribution in [0.5, 0.6) is 11.5 Å². The fourth-order valence-electron chi connectivity index (χ4n) is 3.88. The van der Waals surface area contributed by atoms with Crippen LogP contribution in [0.1, 0.15) is 34.6 Å². The predicted molar refractivity (Wildman–Crippen MR) is 174 cm³/mol. The molecule has 0 aliphatic heterocycles. The molecule has 0 N–H and O–H groups in total. The molecule has 0 saturated carbocycles. The minimum atomic E-state index is -0.233. The SMILES string of the molecule is CC(=O)[CH-]C(=O)c1ccccc1.CC(=O)[CH-]C(=O)c1ccccc1.[O-]c1ccnc2ccccc12.[O-]c1ccnc2ccccc12.[Ti]. The van der Waals surface area contributed by atoms with Gasteiger partial charge in [0.1, 0.15) is 0 Å². The van der Waals surface area contributed by atoms with Crippen LogP contribution in [0.2, 0.25) is 0 Å². The number of carbonyl (C=O) groups is 4. The summed E-state index contributed by atoms with van der Waals surface area (Å²) in [4.78, 5) is 51.5. The molecule has 0 fully saturated rings. The molecular formula is C38H30N2O6Ti-4. The molecule has 0 amide bonds. The van der Waals surface area contributed by atoms with Gasteiger partial charge in [0.05, 0.1) is 22.6 Å². The number of para-hydroxylation sites is 2. The summed E-state index contributed by atoms with van der Waals surface area (Å²) in [6.45, 7) is 2.72. The fourth-order valence-corrected chi connectivity index (χ4v) is 3.88. The van der Waals surface area contributed by atoms with E-state index in [9.17, 15) is 29.4 Å². The van der Waals surface area contributed by atoms with E-state index in [1.165, 1.54) is 38.4 Å². The van der Waals surface area contributed by atoms with Gasteiger partial charge in [0, 0.05) is 45.7 Å². The van der Waals surface area contributed by atoms with E-state index in [0.29, 0.717) is 21.9 Å². The second-order valence-corrected chi connectivity index (χ2v) is 9.62. The van der Waals surface area contributed by atoms with E-state index in [1.807, 2.05) is 48.5 Å². The third-order valence-corrected chi connectivity index (χ3v) is 6.00. The van der Waals surface area contributed by atoms with Crippen molar-refractivity contribution < 1.29 is 51.1 Å². The summed E-state index contributed by atoms with van der Waals surface area (Å²) >= 11 is 0. The molecule has 6 aromatic rings. The molecule has 0 bridgehead atoms. The normalized spacial score (nSPS) is 9.40. The van der Waals surface area contributed by atoms with Crippen LogP contribution in [-0.2, 0) is 31.3 Å². The summed E-state index contributed by atoms with van der Waals surface area (Å²) < 4.78 is 0. The average Bonchev–Trinajstić information content (AvgIpc) is 3.06. The van der Waals surface area contributed by atoms with E-state index < -0.39 is 0 Å². The van der Waals surface area contributed by atoms with Crippen molar-refractivity contribution in [3.63, 3.8) is 0 Å². The number of rotatable bonds is 6. The molecule has 0 saturated heterocycles. The summed E-state index contributed by atoms with van der Waals surface area (Å²) in [6, 6.07) is 35.0. The van der Waals surface area contributed by atoms with E-state index in [0.717, 1.165) is 23.9 Å². The van der Waals surface area contributed by atoms with Crippen molar-refractivity contribution in [2.45, 2.75) is 13.8 Å². The number of nitrogens with zero attached hydrogens (tertiary/aromatic N) is 2. The Morgan fingerprint density at radius 1 is 0.489 bits per heavy atom. The Labute approximate surface area is 288 Å². The molecule has 0 spiro atoms. The molecule has 0 aliphatic rings. The van der Waals surface area contributed by atoms with Crippen molar-refractivity contribution in [2.75, 3.05) is 0 Å². The number of hydrogen-bond acceptors (Lipinski definition) is 8. The van der Waals surface area contributed by atoms with Crippen LogP contribution >= 0.6 is 0 Å². The molecular weight excluding hydrogens is 628 g/mol. The van der Waals surface area contributed by atoms with Gasteiger partial charge in [-0.2, -0.15) is 0 Å². The molecule has 8 nitrogen and oxygen atoms in total. The molecule has 2 heterocycles. The summed E-state index contributed by atoms with van der Waals surface area (Å²) in [5.74, 6) is -0.829. The summed E-state index contributed by atoms with van der Waals surface area (Å²) in [6.07, 6.45) is 5.25. The Morgan fingerprint density at radius 2 is 0.809 bits per heavy atom. The number of pyridine rings is 2. The minimum Gasteiger partial charge on any atom is -0.872 e. The van der Waals surface area contributed by atoms with Crippen LogP contribution in [0.25, 0.3) is 21.8 Å². The zero-order chi connectivity index (χ0) is 33.3. The third-order valence-electron chi connectivity index (χ3n) is 6.00. The number of aromatic nitrogens is 2. The van der Waals surface area contributed by atoms with Gasteiger partial charge in [-0.3, -0.25) is 9.97 Å². The number of carbonyl (C=O) groups excluding carboxylic acids is 4. The maximum Gasteiger partial charge on any atom is 0.0768 e. The van der Waals surface area contributed by atoms with Crippen molar-refractivity contribution >= 4 is 44.9 Å². The molecule has 4 aromatic carbocycles. The number of benzene rings is 4. The van der Waals surface area contributed by atoms with Gasteiger partial charge in [0.25, 0.3) is 0 Å². The third kappa shape index (κ3) is 12.8. The van der Waals surface area contributed by atoms with Crippen molar-refractivity contribution in [2.24, 2.45) is 0 Å². The molecule has 0 atom stereocenters. The maximum absolute atomic E-state index is 11.2. The Morgan fingerprint density at radius 3 is 1.13 bits per heavy atom. The minimum absolute atomic E-state index is 0. The zero-order valence-corrected chi connectivity index (χ0v) is 27.3. The molecule has 2 aromatic heterocycles. The van der Waals surface area contributed by atoms with Crippen LogP contribution in [0.3, 0.4) is 0 Å². The van der Waals surface area contributed by atoms with Gasteiger partial charge < -0.3 is 29.4 Å². The molecule has 0 aliphatic carbocycles. The molecule has 47 heavy (non-hydrogen) atoms. The number of hydrogen-bond donors (Lipinski definition) is 0. The van der Waals surface area contributed by atoms with Crippen molar-refractivity contribution in [1.82, 2.24) is 9.97 Å². The van der Waals surface area contributed by atoms with Gasteiger partial charge in [0.2, 0.25) is 0 Å². The van der Waals surface area contributed by atoms with Crippen molar-refractivity contribution in [3.05, 3.63) is 158 Å². The van der Waals surface area contributed by atoms with Crippen LogP contribution in [0.4, 0.5) is 0 Å². The Balaban J connectivity index is 0.000000216. The number of Topliss-reactive ketones (excluding diaryl/α,β-unsaturated/α-hetero) is 4. The monoisotopic (exact) mass is 658 g/mol. The van der Waals surface area contributed by atoms with Crippen LogP contribution < -0.4 is 10.2 Å². The topological polar surface area (TPSA) is 140 Å². The van der Waals surface area contributed by atoms with Crippen molar-refractivity contribution in [1.29, 1.82) is 0 Å². The second-order valence-electron chi connectivity index (χ2n) is 9.62. The van der Waals surface area contributed by atoms with Gasteiger partial charge in [-0.1, -0.05) is 96.4 Å². The first-order chi connectivity index (χ1) is 22.2. The van der Waals surface area contributed by atoms with E-state index in [1.54, 1.807) is 60.7 Å². The Bertz CT molecular complexity index is 1760. The fraction of sp³-hybridized carbons (Fsp3) is 0.0526. The van der Waals surface area contributed by atoms with Gasteiger partial charge in [-0.15, -0.1) is 48.2 Å². The maximum atomic E-state index is 11.2. The number of ketones is 4. The van der Waals surface area contributed by atoms with Gasteiger partial charge in [-0.05, 0) is 36.8 Å². The molecule has 0 unspecified atom stereocenters. The molecule has 0 radical (unpaired) electrons. The largest absolute Gasteiger partial charge is 0.872 e. The first kappa shape index (κ1) is 37.6. The molecule has 236 valence electrons. The standard InChI is InChI=1S/2C10H9O2.2C9H7NO.Ti/c2*1-8(11)7-10(12)9-5-3-2-4-6-9;2*11-9-5-6-10-8-4-2-1-3-7(8)9;/h2*2-7H,1H3;2*1-6H,(H,10,11);/q2*-1;;;/p-2. The van der Waals surface area contributed by atoms with Crippen LogP contribution in [-0.4, -0.2) is 33.1 Å². The quantitative estimate of drug-likeness (QED) is 0.0927. The van der Waals surface area contributed by atoms with Crippen LogP contribution in [0.15, 0.2) is 134 Å². The number of fused-ring (bicyclic) bond motifs is 2. The van der Waals surface area contributed by atoms with Gasteiger partial charge >= 0.3 is 0 Å². The molecule has 6 rings (SSSR count). The van der Waals surface area contributed by atoms with Gasteiger partial charge in [-0.25, -0.2) is 0 Å². The van der Waals surface area contributed by atoms with E-state index in [4.69, 9.17) is 0 Å². The predicted octanol–water partition coefficient (Wildman–Crippen LogP) is 5.94. The first-order valence-corrected chi connectivity index (χ1v) is 14.1. The molecule has 9 heteroatoms. The zero-order valence-electron chi connectivity index (χ0n) is 25.7. The van der Waals surface area contributed by atoms with E-state index >= 15 is 0 Å².